The fraction of sp³-hybridized carbons (Fsp3) is 1.00. The maximum atomic E-state index is 3.41. The van der Waals surface area contributed by atoms with Crippen LogP contribution >= 0.6 is 27.7 Å². The number of halogens is 1. The Morgan fingerprint density at radius 1 is 1.50 bits per heavy atom. The van der Waals surface area contributed by atoms with Crippen LogP contribution in [-0.4, -0.2) is 16.3 Å². The molecule has 0 aromatic carbocycles. The van der Waals surface area contributed by atoms with E-state index in [0.717, 1.165) is 5.25 Å². The standard InChI is InChI=1S/C6H11BrS/c7-4-1-5-8-6-2-3-6/h6H,1-5H2. The first-order chi connectivity index (χ1) is 3.93. The summed E-state index contributed by atoms with van der Waals surface area (Å²) in [7, 11) is 0. The summed E-state index contributed by atoms with van der Waals surface area (Å²) in [4.78, 5) is 0. The van der Waals surface area contributed by atoms with Gasteiger partial charge in [-0.15, -0.1) is 0 Å². The average Bonchev–Trinajstić information content (AvgIpc) is 2.51. The van der Waals surface area contributed by atoms with Crippen LogP contribution < -0.4 is 0 Å². The third kappa shape index (κ3) is 2.98. The van der Waals surface area contributed by atoms with E-state index in [1.807, 2.05) is 0 Å². The zero-order valence-corrected chi connectivity index (χ0v) is 7.30. The lowest BCUT2D eigenvalue weighted by Gasteiger charge is -1.92. The van der Waals surface area contributed by atoms with Crippen LogP contribution in [0.2, 0.25) is 0 Å². The van der Waals surface area contributed by atoms with Crippen LogP contribution in [0.3, 0.4) is 0 Å². The van der Waals surface area contributed by atoms with Gasteiger partial charge >= 0.3 is 0 Å². The fourth-order valence-electron chi connectivity index (χ4n) is 0.539. The quantitative estimate of drug-likeness (QED) is 0.491. The van der Waals surface area contributed by atoms with Gasteiger partial charge in [0.2, 0.25) is 0 Å². The molecule has 0 atom stereocenters. The monoisotopic (exact) mass is 194 g/mol. The zero-order chi connectivity index (χ0) is 5.82. The van der Waals surface area contributed by atoms with Crippen molar-refractivity contribution in [1.29, 1.82) is 0 Å². The van der Waals surface area contributed by atoms with Gasteiger partial charge in [0.1, 0.15) is 0 Å². The predicted molar refractivity (Wildman–Crippen MR) is 43.9 cm³/mol. The Labute approximate surface area is 63.5 Å². The average molecular weight is 195 g/mol. The van der Waals surface area contributed by atoms with Gasteiger partial charge in [-0.3, -0.25) is 0 Å². The first kappa shape index (κ1) is 6.94. The summed E-state index contributed by atoms with van der Waals surface area (Å²) < 4.78 is 0. The maximum Gasteiger partial charge on any atom is 0.00478 e. The van der Waals surface area contributed by atoms with Crippen molar-refractivity contribution < 1.29 is 0 Å². The lowest BCUT2D eigenvalue weighted by atomic mass is 10.6. The third-order valence-corrected chi connectivity index (χ3v) is 3.18. The van der Waals surface area contributed by atoms with Crippen LogP contribution in [0.1, 0.15) is 19.3 Å². The SMILES string of the molecule is BrCCCSC1CC1. The Hall–Kier alpha value is 0.830. The summed E-state index contributed by atoms with van der Waals surface area (Å²) in [6, 6.07) is 0. The van der Waals surface area contributed by atoms with Crippen molar-refractivity contribution in [3.05, 3.63) is 0 Å². The van der Waals surface area contributed by atoms with E-state index in [1.54, 1.807) is 0 Å². The molecule has 8 heavy (non-hydrogen) atoms. The van der Waals surface area contributed by atoms with Crippen LogP contribution in [0.25, 0.3) is 0 Å². The van der Waals surface area contributed by atoms with E-state index in [9.17, 15) is 0 Å². The molecule has 0 aromatic heterocycles. The van der Waals surface area contributed by atoms with E-state index in [2.05, 4.69) is 27.7 Å². The summed E-state index contributed by atoms with van der Waals surface area (Å²) in [6.07, 6.45) is 4.29. The van der Waals surface area contributed by atoms with Crippen LogP contribution in [0.4, 0.5) is 0 Å². The van der Waals surface area contributed by atoms with Crippen molar-refractivity contribution in [3.63, 3.8) is 0 Å². The molecule has 1 saturated carbocycles. The van der Waals surface area contributed by atoms with Gasteiger partial charge in [-0.2, -0.15) is 11.8 Å². The van der Waals surface area contributed by atoms with Gasteiger partial charge in [-0.05, 0) is 25.0 Å². The van der Waals surface area contributed by atoms with Crippen molar-refractivity contribution in [3.8, 4) is 0 Å². The van der Waals surface area contributed by atoms with Crippen molar-refractivity contribution in [2.45, 2.75) is 24.5 Å². The molecular weight excluding hydrogens is 184 g/mol. The summed E-state index contributed by atoms with van der Waals surface area (Å²) in [5, 5.41) is 2.22. The molecular formula is C6H11BrS. The molecule has 1 aliphatic rings. The third-order valence-electron chi connectivity index (χ3n) is 1.16. The molecule has 0 aromatic rings. The fourth-order valence-corrected chi connectivity index (χ4v) is 2.30. The number of hydrogen-bond acceptors (Lipinski definition) is 1. The molecule has 0 N–H and O–H groups in total. The molecule has 0 amide bonds. The van der Waals surface area contributed by atoms with E-state index in [-0.39, 0.29) is 0 Å². The van der Waals surface area contributed by atoms with Crippen LogP contribution in [0.5, 0.6) is 0 Å². The highest BCUT2D eigenvalue weighted by molar-refractivity contribution is 9.09. The molecule has 0 radical (unpaired) electrons. The largest absolute Gasteiger partial charge is 0.159 e. The molecule has 0 aliphatic heterocycles. The van der Waals surface area contributed by atoms with Crippen molar-refractivity contribution in [2.75, 3.05) is 11.1 Å². The predicted octanol–water partition coefficient (Wildman–Crippen LogP) is 2.67. The molecule has 48 valence electrons. The number of alkyl halides is 1. The molecule has 1 aliphatic carbocycles. The van der Waals surface area contributed by atoms with Crippen LogP contribution in [0.15, 0.2) is 0 Å². The van der Waals surface area contributed by atoms with Gasteiger partial charge in [0, 0.05) is 10.6 Å². The topological polar surface area (TPSA) is 0 Å². The van der Waals surface area contributed by atoms with Crippen LogP contribution in [0, 0.1) is 0 Å². The second-order valence-corrected chi connectivity index (χ2v) is 4.31. The molecule has 1 rings (SSSR count). The van der Waals surface area contributed by atoms with Crippen LogP contribution in [-0.2, 0) is 0 Å². The van der Waals surface area contributed by atoms with E-state index >= 15 is 0 Å². The van der Waals surface area contributed by atoms with E-state index in [4.69, 9.17) is 0 Å². The van der Waals surface area contributed by atoms with Gasteiger partial charge in [0.05, 0.1) is 0 Å². The normalized spacial score (nSPS) is 19.1. The number of hydrogen-bond donors (Lipinski definition) is 0. The van der Waals surface area contributed by atoms with Gasteiger partial charge in [0.15, 0.2) is 0 Å². The molecule has 0 unspecified atom stereocenters. The molecule has 1 fully saturated rings. The molecule has 2 heteroatoms. The Balaban J connectivity index is 1.74. The summed E-state index contributed by atoms with van der Waals surface area (Å²) in [6.45, 7) is 0. The lowest BCUT2D eigenvalue weighted by molar-refractivity contribution is 1.13. The summed E-state index contributed by atoms with van der Waals surface area (Å²) >= 11 is 5.54. The van der Waals surface area contributed by atoms with E-state index < -0.39 is 0 Å². The van der Waals surface area contributed by atoms with Crippen molar-refractivity contribution in [1.82, 2.24) is 0 Å². The van der Waals surface area contributed by atoms with Crippen molar-refractivity contribution >= 4 is 27.7 Å². The molecule has 0 spiro atoms. The minimum Gasteiger partial charge on any atom is -0.159 e. The van der Waals surface area contributed by atoms with Gasteiger partial charge in [-0.1, -0.05) is 15.9 Å². The minimum atomic E-state index is 1.05. The maximum absolute atomic E-state index is 3.41. The Morgan fingerprint density at radius 2 is 2.25 bits per heavy atom. The Morgan fingerprint density at radius 3 is 2.75 bits per heavy atom. The van der Waals surface area contributed by atoms with Gasteiger partial charge in [-0.25, -0.2) is 0 Å². The highest BCUT2D eigenvalue weighted by atomic mass is 79.9. The molecule has 0 nitrogen and oxygen atoms in total. The first-order valence-electron chi connectivity index (χ1n) is 3.11. The van der Waals surface area contributed by atoms with Crippen molar-refractivity contribution in [2.24, 2.45) is 0 Å². The molecule has 0 saturated heterocycles. The molecule has 0 heterocycles. The molecule has 0 bridgehead atoms. The second kappa shape index (κ2) is 3.78. The number of rotatable bonds is 4. The summed E-state index contributed by atoms with van der Waals surface area (Å²) in [5.74, 6) is 1.36. The highest BCUT2D eigenvalue weighted by Crippen LogP contribution is 2.34. The van der Waals surface area contributed by atoms with E-state index in [0.29, 0.717) is 0 Å². The smallest absolute Gasteiger partial charge is 0.00478 e. The summed E-state index contributed by atoms with van der Waals surface area (Å²) in [5.41, 5.74) is 0. The minimum absolute atomic E-state index is 1.05. The highest BCUT2D eigenvalue weighted by Gasteiger charge is 2.20. The van der Waals surface area contributed by atoms with Gasteiger partial charge in [0.25, 0.3) is 0 Å². The Kier molecular flexibility index (Phi) is 3.28. The second-order valence-electron chi connectivity index (χ2n) is 2.11. The van der Waals surface area contributed by atoms with E-state index in [1.165, 1.54) is 30.3 Å². The first-order valence-corrected chi connectivity index (χ1v) is 5.28. The lowest BCUT2D eigenvalue weighted by Crippen LogP contribution is -1.81. The zero-order valence-electron chi connectivity index (χ0n) is 4.90. The number of thioether (sulfide) groups is 1. The van der Waals surface area contributed by atoms with Gasteiger partial charge < -0.3 is 0 Å². The Bertz CT molecular complexity index is 61.5.